The molecule has 1 aromatic rings. The van der Waals surface area contributed by atoms with Crippen LogP contribution in [0.3, 0.4) is 0 Å². The van der Waals surface area contributed by atoms with Gasteiger partial charge in [-0.05, 0) is 63.4 Å². The van der Waals surface area contributed by atoms with Gasteiger partial charge in [-0.3, -0.25) is 0 Å². The van der Waals surface area contributed by atoms with E-state index in [1.165, 1.54) is 11.1 Å². The van der Waals surface area contributed by atoms with E-state index < -0.39 is 0 Å². The number of likely N-dealkylation sites (N-methyl/N-ethyl adjacent to an activating group) is 1. The Morgan fingerprint density at radius 2 is 2.16 bits per heavy atom. The minimum atomic E-state index is -0.164. The molecule has 2 unspecified atom stereocenters. The molecule has 0 saturated heterocycles. The molecule has 0 spiro atoms. The van der Waals surface area contributed by atoms with Gasteiger partial charge >= 0.3 is 0 Å². The fraction of sp³-hybridized carbons (Fsp3) is 0.625. The van der Waals surface area contributed by atoms with E-state index in [1.807, 2.05) is 13.1 Å². The lowest BCUT2D eigenvalue weighted by Crippen LogP contribution is -2.52. The number of ether oxygens (including phenoxy) is 1. The first kappa shape index (κ1) is 14.4. The second-order valence-corrected chi connectivity index (χ2v) is 5.77. The molecule has 0 bridgehead atoms. The average Bonchev–Trinajstić information content (AvgIpc) is 2.43. The lowest BCUT2D eigenvalue weighted by atomic mass is 9.80. The Hall–Kier alpha value is -1.06. The molecule has 0 aromatic heterocycles. The first-order chi connectivity index (χ1) is 9.08. The lowest BCUT2D eigenvalue weighted by molar-refractivity contribution is 0.0554. The van der Waals surface area contributed by atoms with Crippen LogP contribution in [0.15, 0.2) is 18.2 Å². The third-order valence-electron chi connectivity index (χ3n) is 4.41. The first-order valence-corrected chi connectivity index (χ1v) is 7.12. The molecular weight excluding hydrogens is 238 g/mol. The highest BCUT2D eigenvalue weighted by molar-refractivity contribution is 5.34. The topological polar surface area (TPSA) is 41.5 Å². The summed E-state index contributed by atoms with van der Waals surface area (Å²) in [6, 6.07) is 6.24. The van der Waals surface area contributed by atoms with Crippen LogP contribution in [0.4, 0.5) is 0 Å². The summed E-state index contributed by atoms with van der Waals surface area (Å²) in [7, 11) is 1.93. The van der Waals surface area contributed by atoms with Gasteiger partial charge in [-0.25, -0.2) is 0 Å². The van der Waals surface area contributed by atoms with Crippen LogP contribution in [0.1, 0.15) is 36.8 Å². The summed E-state index contributed by atoms with van der Waals surface area (Å²) in [4.78, 5) is 0. The molecule has 1 fully saturated rings. The van der Waals surface area contributed by atoms with E-state index in [4.69, 9.17) is 4.74 Å². The first-order valence-electron chi connectivity index (χ1n) is 7.12. The number of aliphatic hydroxyl groups excluding tert-OH is 1. The molecule has 106 valence electrons. The van der Waals surface area contributed by atoms with E-state index in [9.17, 15) is 5.11 Å². The average molecular weight is 263 g/mol. The molecule has 0 heterocycles. The van der Waals surface area contributed by atoms with E-state index >= 15 is 0 Å². The monoisotopic (exact) mass is 263 g/mol. The summed E-state index contributed by atoms with van der Waals surface area (Å²) in [6.45, 7) is 4.39. The lowest BCUT2D eigenvalue weighted by Gasteiger charge is -2.39. The molecule has 1 aliphatic carbocycles. The van der Waals surface area contributed by atoms with Crippen molar-refractivity contribution < 1.29 is 9.84 Å². The van der Waals surface area contributed by atoms with Gasteiger partial charge in [-0.15, -0.1) is 0 Å². The number of rotatable bonds is 4. The SMILES string of the molecule is CNC1(CO)CCCC(Oc2ccc(C)c(C)c2)C1. The molecule has 1 aromatic carbocycles. The van der Waals surface area contributed by atoms with Gasteiger partial charge in [0, 0.05) is 12.0 Å². The Kier molecular flexibility index (Phi) is 4.48. The third-order valence-corrected chi connectivity index (χ3v) is 4.41. The Balaban J connectivity index is 2.04. The second kappa shape index (κ2) is 5.93. The molecule has 0 aliphatic heterocycles. The van der Waals surface area contributed by atoms with Crippen molar-refractivity contribution >= 4 is 0 Å². The zero-order valence-electron chi connectivity index (χ0n) is 12.2. The molecule has 2 rings (SSSR count). The van der Waals surface area contributed by atoms with Crippen molar-refractivity contribution in [1.82, 2.24) is 5.32 Å². The maximum absolute atomic E-state index is 9.59. The number of aryl methyl sites for hydroxylation is 2. The fourth-order valence-electron chi connectivity index (χ4n) is 2.84. The third kappa shape index (κ3) is 3.28. The molecule has 1 saturated carbocycles. The van der Waals surface area contributed by atoms with Gasteiger partial charge in [0.05, 0.1) is 6.61 Å². The van der Waals surface area contributed by atoms with Crippen LogP contribution in [-0.4, -0.2) is 30.4 Å². The number of nitrogens with one attached hydrogen (secondary N) is 1. The van der Waals surface area contributed by atoms with Crippen molar-refractivity contribution in [3.05, 3.63) is 29.3 Å². The van der Waals surface area contributed by atoms with Crippen LogP contribution >= 0.6 is 0 Å². The van der Waals surface area contributed by atoms with Crippen molar-refractivity contribution in [3.8, 4) is 5.75 Å². The number of hydrogen-bond donors (Lipinski definition) is 2. The van der Waals surface area contributed by atoms with Crippen LogP contribution in [0.5, 0.6) is 5.75 Å². The Bertz CT molecular complexity index is 427. The van der Waals surface area contributed by atoms with Gasteiger partial charge in [-0.1, -0.05) is 6.07 Å². The van der Waals surface area contributed by atoms with Crippen molar-refractivity contribution in [3.63, 3.8) is 0 Å². The summed E-state index contributed by atoms with van der Waals surface area (Å²) >= 11 is 0. The number of aliphatic hydroxyl groups is 1. The van der Waals surface area contributed by atoms with Crippen molar-refractivity contribution in [2.75, 3.05) is 13.7 Å². The van der Waals surface area contributed by atoms with Crippen molar-refractivity contribution in [2.45, 2.75) is 51.2 Å². The second-order valence-electron chi connectivity index (χ2n) is 5.77. The highest BCUT2D eigenvalue weighted by Gasteiger charge is 2.35. The standard InChI is InChI=1S/C16H25NO2/c1-12-6-7-14(9-13(12)2)19-15-5-4-8-16(10-15,11-18)17-3/h6-7,9,15,17-18H,4-5,8,10-11H2,1-3H3. The largest absolute Gasteiger partial charge is 0.490 e. The van der Waals surface area contributed by atoms with Gasteiger partial charge < -0.3 is 15.2 Å². The van der Waals surface area contributed by atoms with E-state index in [2.05, 4.69) is 31.3 Å². The molecule has 0 amide bonds. The van der Waals surface area contributed by atoms with Crippen LogP contribution in [0.25, 0.3) is 0 Å². The summed E-state index contributed by atoms with van der Waals surface area (Å²) in [5.74, 6) is 0.943. The smallest absolute Gasteiger partial charge is 0.120 e. The Morgan fingerprint density at radius 3 is 2.79 bits per heavy atom. The molecule has 1 aliphatic rings. The molecule has 2 N–H and O–H groups in total. The van der Waals surface area contributed by atoms with E-state index in [0.717, 1.165) is 31.4 Å². The molecule has 0 radical (unpaired) electrons. The highest BCUT2D eigenvalue weighted by atomic mass is 16.5. The van der Waals surface area contributed by atoms with Gasteiger partial charge in [-0.2, -0.15) is 0 Å². The van der Waals surface area contributed by atoms with E-state index in [-0.39, 0.29) is 18.2 Å². The van der Waals surface area contributed by atoms with Crippen LogP contribution in [-0.2, 0) is 0 Å². The molecule has 19 heavy (non-hydrogen) atoms. The summed E-state index contributed by atoms with van der Waals surface area (Å²) in [6.07, 6.45) is 4.24. The maximum atomic E-state index is 9.59. The minimum absolute atomic E-state index is 0.164. The van der Waals surface area contributed by atoms with Crippen molar-refractivity contribution in [1.29, 1.82) is 0 Å². The van der Waals surface area contributed by atoms with Gasteiger partial charge in [0.15, 0.2) is 0 Å². The molecule has 3 heteroatoms. The minimum Gasteiger partial charge on any atom is -0.490 e. The fourth-order valence-corrected chi connectivity index (χ4v) is 2.84. The van der Waals surface area contributed by atoms with Crippen molar-refractivity contribution in [2.24, 2.45) is 0 Å². The van der Waals surface area contributed by atoms with E-state index in [0.29, 0.717) is 0 Å². The Labute approximate surface area is 116 Å². The Morgan fingerprint density at radius 1 is 1.37 bits per heavy atom. The van der Waals surface area contributed by atoms with Gasteiger partial charge in [0.1, 0.15) is 11.9 Å². The number of benzene rings is 1. The summed E-state index contributed by atoms with van der Waals surface area (Å²) in [5, 5.41) is 12.9. The zero-order valence-corrected chi connectivity index (χ0v) is 12.2. The summed E-state index contributed by atoms with van der Waals surface area (Å²) < 4.78 is 6.10. The van der Waals surface area contributed by atoms with Crippen LogP contribution < -0.4 is 10.1 Å². The van der Waals surface area contributed by atoms with Crippen LogP contribution in [0.2, 0.25) is 0 Å². The van der Waals surface area contributed by atoms with E-state index in [1.54, 1.807) is 0 Å². The molecule has 3 nitrogen and oxygen atoms in total. The quantitative estimate of drug-likeness (QED) is 0.877. The highest BCUT2D eigenvalue weighted by Crippen LogP contribution is 2.31. The normalized spacial score (nSPS) is 27.3. The van der Waals surface area contributed by atoms with Gasteiger partial charge in [0.25, 0.3) is 0 Å². The summed E-state index contributed by atoms with van der Waals surface area (Å²) in [5.41, 5.74) is 2.38. The predicted molar refractivity (Wildman–Crippen MR) is 77.7 cm³/mol. The van der Waals surface area contributed by atoms with Crippen LogP contribution in [0, 0.1) is 13.8 Å². The van der Waals surface area contributed by atoms with Gasteiger partial charge in [0.2, 0.25) is 0 Å². The predicted octanol–water partition coefficient (Wildman–Crippen LogP) is 2.58. The maximum Gasteiger partial charge on any atom is 0.120 e. The molecule has 2 atom stereocenters. The molecular formula is C16H25NO2. The zero-order chi connectivity index (χ0) is 13.9. The number of hydrogen-bond acceptors (Lipinski definition) is 3.